The molecule has 14 heteroatoms. The third kappa shape index (κ3) is 10.6. The standard InChI is InChI=1S/2C46H26N4OS2/c1-2-12-27(13-3-1)43-48-44(29-15-8-14-28(26-29)30-17-9-18-32-31-16-4-6-24-38(31)52-42(30)32)50-45(49-43)34-20-11-23-37-40(34)33-19-10-21-35(41(33)51-37)46-47-36-22-5-7-25-39(36)53-46;1-2-11-28(12-3-1)43-48-44(29-25-23-27(24-26-29)30-14-8-15-32-31-13-4-6-21-38(31)52-42(30)32)50-45(49-43)34-17-10-20-37-40(34)33-16-9-18-35(41(33)51-37)46-47-36-19-5-7-22-39(36)53-46/h2*1-26H. The fraction of sp³-hybridized carbons (Fsp3) is 0. The predicted octanol–water partition coefficient (Wildman–Crippen LogP) is 26.2. The van der Waals surface area contributed by atoms with Gasteiger partial charge < -0.3 is 8.83 Å². The maximum Gasteiger partial charge on any atom is 0.164 e. The predicted molar refractivity (Wildman–Crippen MR) is 441 cm³/mol. The minimum Gasteiger partial charge on any atom is -0.455 e. The van der Waals surface area contributed by atoms with Gasteiger partial charge in [0, 0.05) is 95.3 Å². The van der Waals surface area contributed by atoms with E-state index in [1.165, 1.54) is 51.5 Å². The largest absolute Gasteiger partial charge is 0.455 e. The second kappa shape index (κ2) is 25.4. The highest BCUT2D eigenvalue weighted by Gasteiger charge is 2.25. The summed E-state index contributed by atoms with van der Waals surface area (Å²) in [6, 6.07) is 109. The van der Waals surface area contributed by atoms with Gasteiger partial charge >= 0.3 is 0 Å². The van der Waals surface area contributed by atoms with E-state index in [-0.39, 0.29) is 0 Å². The first-order valence-corrected chi connectivity index (χ1v) is 38.0. The Bertz CT molecular complexity index is 7170. The Labute approximate surface area is 621 Å². The lowest BCUT2D eigenvalue weighted by atomic mass is 10.0. The first-order valence-electron chi connectivity index (χ1n) is 34.8. The molecule has 10 nitrogen and oxygen atoms in total. The smallest absolute Gasteiger partial charge is 0.164 e. The summed E-state index contributed by atoms with van der Waals surface area (Å²) in [4.78, 5) is 40.6. The van der Waals surface area contributed by atoms with Crippen LogP contribution in [0.15, 0.2) is 324 Å². The van der Waals surface area contributed by atoms with Crippen molar-refractivity contribution in [3.63, 3.8) is 0 Å². The van der Waals surface area contributed by atoms with Gasteiger partial charge in [-0.15, -0.1) is 45.3 Å². The molecule has 0 amide bonds. The van der Waals surface area contributed by atoms with E-state index in [1.54, 1.807) is 22.7 Å². The highest BCUT2D eigenvalue weighted by molar-refractivity contribution is 7.27. The number of benzene rings is 14. The number of rotatable bonds is 10. The molecule has 0 fully saturated rings. The molecule has 0 bridgehead atoms. The number of thiophene rings is 2. The number of furan rings is 2. The number of aromatic nitrogens is 8. The highest BCUT2D eigenvalue weighted by Crippen LogP contribution is 2.47. The Morgan fingerprint density at radius 3 is 1.04 bits per heavy atom. The molecule has 0 aliphatic carbocycles. The van der Waals surface area contributed by atoms with Gasteiger partial charge in [0.15, 0.2) is 34.9 Å². The van der Waals surface area contributed by atoms with Crippen molar-refractivity contribution < 1.29 is 8.83 Å². The lowest BCUT2D eigenvalue weighted by Crippen LogP contribution is -2.00. The Kier molecular flexibility index (Phi) is 14.8. The number of thiazole rings is 2. The van der Waals surface area contributed by atoms with Crippen molar-refractivity contribution in [3.8, 4) is 112 Å². The van der Waals surface area contributed by atoms with Gasteiger partial charge in [-0.25, -0.2) is 39.9 Å². The molecular formula is C92H52N8O2S4. The molecular weight excluding hydrogens is 1380 g/mol. The number of hydrogen-bond acceptors (Lipinski definition) is 14. The molecule has 8 heterocycles. The van der Waals surface area contributed by atoms with E-state index >= 15 is 0 Å². The lowest BCUT2D eigenvalue weighted by Gasteiger charge is -2.10. The van der Waals surface area contributed by atoms with Crippen molar-refractivity contribution in [1.82, 2.24) is 39.9 Å². The number of para-hydroxylation sites is 4. The molecule has 0 N–H and O–H groups in total. The third-order valence-corrected chi connectivity index (χ3v) is 24.2. The summed E-state index contributed by atoms with van der Waals surface area (Å²) in [5, 5.41) is 10.9. The van der Waals surface area contributed by atoms with Crippen LogP contribution in [0.2, 0.25) is 0 Å². The molecule has 0 radical (unpaired) electrons. The van der Waals surface area contributed by atoms with Gasteiger partial charge in [0.2, 0.25) is 0 Å². The third-order valence-electron chi connectivity index (χ3n) is 19.6. The van der Waals surface area contributed by atoms with Gasteiger partial charge in [0.05, 0.1) is 31.6 Å². The summed E-state index contributed by atoms with van der Waals surface area (Å²) < 4.78 is 20.7. The summed E-state index contributed by atoms with van der Waals surface area (Å²) in [5.41, 5.74) is 17.2. The van der Waals surface area contributed by atoms with Gasteiger partial charge in [0.1, 0.15) is 32.3 Å². The van der Waals surface area contributed by atoms with Crippen LogP contribution in [0.5, 0.6) is 0 Å². The minimum absolute atomic E-state index is 0.588. The van der Waals surface area contributed by atoms with Gasteiger partial charge in [-0.3, -0.25) is 0 Å². The number of hydrogen-bond donors (Lipinski definition) is 0. The number of nitrogens with zero attached hydrogens (tertiary/aromatic N) is 8. The average Bonchev–Trinajstić information content (AvgIpc) is 1.53. The van der Waals surface area contributed by atoms with Crippen molar-refractivity contribution in [3.05, 3.63) is 315 Å². The molecule has 0 atom stereocenters. The van der Waals surface area contributed by atoms with Crippen molar-refractivity contribution in [2.75, 3.05) is 0 Å². The topological polar surface area (TPSA) is 129 Å². The summed E-state index contributed by atoms with van der Waals surface area (Å²) in [7, 11) is 0. The molecule has 14 aromatic carbocycles. The normalized spacial score (nSPS) is 11.8. The Morgan fingerprint density at radius 1 is 0.208 bits per heavy atom. The maximum absolute atomic E-state index is 6.64. The summed E-state index contributed by atoms with van der Waals surface area (Å²) in [6.07, 6.45) is 0. The Hall–Kier alpha value is -13.1. The molecule has 8 aromatic heterocycles. The second-order valence-electron chi connectivity index (χ2n) is 26.0. The Balaban J connectivity index is 0.000000136. The zero-order chi connectivity index (χ0) is 69.8. The maximum atomic E-state index is 6.64. The molecule has 496 valence electrons. The van der Waals surface area contributed by atoms with Crippen molar-refractivity contribution >= 4 is 150 Å². The molecule has 0 aliphatic rings. The van der Waals surface area contributed by atoms with Crippen molar-refractivity contribution in [1.29, 1.82) is 0 Å². The quantitative estimate of drug-likeness (QED) is 0.130. The van der Waals surface area contributed by atoms with Crippen LogP contribution >= 0.6 is 45.3 Å². The van der Waals surface area contributed by atoms with Gasteiger partial charge in [-0.05, 0) is 89.0 Å². The van der Waals surface area contributed by atoms with Crippen LogP contribution in [0.1, 0.15) is 0 Å². The van der Waals surface area contributed by atoms with Crippen LogP contribution < -0.4 is 0 Å². The van der Waals surface area contributed by atoms with E-state index in [9.17, 15) is 0 Å². The fourth-order valence-electron chi connectivity index (χ4n) is 14.6. The zero-order valence-electron chi connectivity index (χ0n) is 56.0. The summed E-state index contributed by atoms with van der Waals surface area (Å²) in [5.74, 6) is 3.63. The van der Waals surface area contributed by atoms with Gasteiger partial charge in [-0.2, -0.15) is 0 Å². The van der Waals surface area contributed by atoms with E-state index in [1.807, 2.05) is 138 Å². The Morgan fingerprint density at radius 2 is 0.547 bits per heavy atom. The molecule has 0 unspecified atom stereocenters. The van der Waals surface area contributed by atoms with E-state index in [0.29, 0.717) is 34.9 Å². The average molecular weight is 1430 g/mol. The van der Waals surface area contributed by atoms with Gasteiger partial charge in [-0.1, -0.05) is 249 Å². The summed E-state index contributed by atoms with van der Waals surface area (Å²) in [6.45, 7) is 0. The van der Waals surface area contributed by atoms with E-state index in [4.69, 9.17) is 48.7 Å². The van der Waals surface area contributed by atoms with Crippen molar-refractivity contribution in [2.45, 2.75) is 0 Å². The van der Waals surface area contributed by atoms with Crippen LogP contribution in [-0.4, -0.2) is 39.9 Å². The van der Waals surface area contributed by atoms with Crippen LogP contribution in [0.4, 0.5) is 0 Å². The van der Waals surface area contributed by atoms with E-state index < -0.39 is 0 Å². The first-order chi connectivity index (χ1) is 52.5. The molecule has 0 saturated carbocycles. The first kappa shape index (κ1) is 61.6. The molecule has 22 rings (SSSR count). The molecule has 0 spiro atoms. The van der Waals surface area contributed by atoms with Crippen LogP contribution in [0, 0.1) is 0 Å². The van der Waals surface area contributed by atoms with Crippen LogP contribution in [0.25, 0.3) is 216 Å². The molecule has 106 heavy (non-hydrogen) atoms. The monoisotopic (exact) mass is 1430 g/mol. The SMILES string of the molecule is c1ccc(-c2nc(-c3ccc(-c4cccc5c4sc4ccccc45)cc3)nc(-c3cccc4oc5c(-c6nc7ccccc7s6)cccc5c34)n2)cc1.c1ccc(-c2nc(-c3cccc(-c4cccc5c4sc4ccccc45)c3)nc(-c3cccc4oc5c(-c6nc7ccccc7s6)cccc5c34)n2)cc1. The second-order valence-corrected chi connectivity index (χ2v) is 30.1. The van der Waals surface area contributed by atoms with E-state index in [0.717, 1.165) is 130 Å². The summed E-state index contributed by atoms with van der Waals surface area (Å²) >= 11 is 7.02. The lowest BCUT2D eigenvalue weighted by molar-refractivity contribution is 0.669. The molecule has 22 aromatic rings. The van der Waals surface area contributed by atoms with Crippen LogP contribution in [0.3, 0.4) is 0 Å². The van der Waals surface area contributed by atoms with Gasteiger partial charge in [0.25, 0.3) is 0 Å². The zero-order valence-corrected chi connectivity index (χ0v) is 59.3. The number of fused-ring (bicyclic) bond motifs is 14. The molecule has 0 saturated heterocycles. The highest BCUT2D eigenvalue weighted by atomic mass is 32.1. The van der Waals surface area contributed by atoms with Crippen molar-refractivity contribution in [2.24, 2.45) is 0 Å². The van der Waals surface area contributed by atoms with Crippen LogP contribution in [-0.2, 0) is 0 Å². The van der Waals surface area contributed by atoms with E-state index in [2.05, 4.69) is 200 Å². The molecule has 0 aliphatic heterocycles. The fourth-order valence-corrected chi connectivity index (χ4v) is 19.1. The minimum atomic E-state index is 0.588.